The summed E-state index contributed by atoms with van der Waals surface area (Å²) >= 11 is 0. The van der Waals surface area contributed by atoms with E-state index in [0.29, 0.717) is 0 Å². The van der Waals surface area contributed by atoms with Crippen molar-refractivity contribution in [3.63, 3.8) is 0 Å². The van der Waals surface area contributed by atoms with E-state index in [9.17, 15) is 0 Å². The summed E-state index contributed by atoms with van der Waals surface area (Å²) in [5, 5.41) is 2.50. The van der Waals surface area contributed by atoms with Crippen LogP contribution in [-0.4, -0.2) is 0 Å². The highest BCUT2D eigenvalue weighted by atomic mass is 14.5. The Kier molecular flexibility index (Phi) is 3.52. The van der Waals surface area contributed by atoms with Crippen LogP contribution >= 0.6 is 0 Å². The smallest absolute Gasteiger partial charge is 0.0320 e. The molecule has 0 aliphatic heterocycles. The van der Waals surface area contributed by atoms with Crippen LogP contribution in [-0.2, 0) is 0 Å². The third kappa shape index (κ3) is 2.05. The maximum absolute atomic E-state index is 5.69. The van der Waals surface area contributed by atoms with Gasteiger partial charge in [-0.3, -0.25) is 0 Å². The molecule has 14 heavy (non-hydrogen) atoms. The number of rotatable bonds is 0. The van der Waals surface area contributed by atoms with Crippen molar-refractivity contribution in [1.82, 2.24) is 0 Å². The topological polar surface area (TPSA) is 26.0 Å². The second kappa shape index (κ2) is 4.66. The third-order valence-electron chi connectivity index (χ3n) is 2.12. The summed E-state index contributed by atoms with van der Waals surface area (Å²) in [4.78, 5) is 0. The molecule has 0 saturated heterocycles. The van der Waals surface area contributed by atoms with Crippen LogP contribution < -0.4 is 5.73 Å². The highest BCUT2D eigenvalue weighted by molar-refractivity contribution is 5.88. The van der Waals surface area contributed by atoms with Crippen LogP contribution in [0.15, 0.2) is 36.4 Å². The molecule has 0 spiro atoms. The second-order valence-electron chi connectivity index (χ2n) is 3.06. The molecule has 0 fully saturated rings. The second-order valence-corrected chi connectivity index (χ2v) is 3.06. The van der Waals surface area contributed by atoms with Gasteiger partial charge < -0.3 is 5.73 Å². The molecule has 0 heterocycles. The first-order valence-corrected chi connectivity index (χ1v) is 5.02. The molecular weight excluding hydrogens is 170 g/mol. The lowest BCUT2D eigenvalue weighted by atomic mass is 10.1. The molecule has 2 aromatic rings. The minimum atomic E-state index is 0.830. The van der Waals surface area contributed by atoms with Gasteiger partial charge in [0, 0.05) is 5.69 Å². The van der Waals surface area contributed by atoms with Gasteiger partial charge in [0.15, 0.2) is 0 Å². The zero-order valence-corrected chi connectivity index (χ0v) is 9.04. The van der Waals surface area contributed by atoms with Crippen LogP contribution in [0, 0.1) is 6.92 Å². The first-order chi connectivity index (χ1) is 6.77. The minimum absolute atomic E-state index is 0.830. The Hall–Kier alpha value is -1.50. The maximum Gasteiger partial charge on any atom is 0.0320 e. The van der Waals surface area contributed by atoms with Crippen molar-refractivity contribution in [2.45, 2.75) is 20.8 Å². The summed E-state index contributed by atoms with van der Waals surface area (Å²) < 4.78 is 0. The first kappa shape index (κ1) is 10.6. The highest BCUT2D eigenvalue weighted by Crippen LogP contribution is 2.20. The minimum Gasteiger partial charge on any atom is -0.399 e. The van der Waals surface area contributed by atoms with Gasteiger partial charge in [-0.1, -0.05) is 38.1 Å². The molecule has 0 aliphatic rings. The Morgan fingerprint density at radius 1 is 1.00 bits per heavy atom. The van der Waals surface area contributed by atoms with Crippen molar-refractivity contribution >= 4 is 16.5 Å². The lowest BCUT2D eigenvalue weighted by Crippen LogP contribution is -1.84. The number of aryl methyl sites for hydroxylation is 1. The van der Waals surface area contributed by atoms with E-state index in [0.717, 1.165) is 5.69 Å². The molecule has 1 heteroatoms. The zero-order valence-electron chi connectivity index (χ0n) is 9.04. The van der Waals surface area contributed by atoms with Gasteiger partial charge in [-0.2, -0.15) is 0 Å². The summed E-state index contributed by atoms with van der Waals surface area (Å²) in [5.41, 5.74) is 7.80. The monoisotopic (exact) mass is 187 g/mol. The molecule has 2 aromatic carbocycles. The van der Waals surface area contributed by atoms with Gasteiger partial charge in [-0.15, -0.1) is 0 Å². The molecule has 0 saturated carbocycles. The Labute approximate surface area is 85.6 Å². The highest BCUT2D eigenvalue weighted by Gasteiger charge is 1.95. The normalized spacial score (nSPS) is 9.36. The van der Waals surface area contributed by atoms with Gasteiger partial charge in [0.2, 0.25) is 0 Å². The van der Waals surface area contributed by atoms with Crippen molar-refractivity contribution in [2.75, 3.05) is 5.73 Å². The molecular formula is C13H17N. The standard InChI is InChI=1S/C11H11N.C2H6/c1-8-3-2-4-9-5-6-10(12)7-11(8)9;1-2/h2-7H,12H2,1H3;1-2H3. The first-order valence-electron chi connectivity index (χ1n) is 5.02. The molecule has 0 aliphatic carbocycles. The van der Waals surface area contributed by atoms with E-state index in [1.54, 1.807) is 0 Å². The fourth-order valence-electron chi connectivity index (χ4n) is 1.45. The molecule has 0 bridgehead atoms. The summed E-state index contributed by atoms with van der Waals surface area (Å²) in [6.45, 7) is 6.10. The predicted octanol–water partition coefficient (Wildman–Crippen LogP) is 3.76. The number of hydrogen-bond donors (Lipinski definition) is 1. The molecule has 0 amide bonds. The van der Waals surface area contributed by atoms with Crippen molar-refractivity contribution in [2.24, 2.45) is 0 Å². The summed E-state index contributed by atoms with van der Waals surface area (Å²) in [5.74, 6) is 0. The average Bonchev–Trinajstić information content (AvgIpc) is 2.22. The van der Waals surface area contributed by atoms with Crippen LogP contribution in [0.4, 0.5) is 5.69 Å². The number of nitrogen functional groups attached to an aromatic ring is 1. The Balaban J connectivity index is 0.000000461. The van der Waals surface area contributed by atoms with Crippen LogP contribution in [0.2, 0.25) is 0 Å². The fourth-order valence-corrected chi connectivity index (χ4v) is 1.45. The van der Waals surface area contributed by atoms with E-state index >= 15 is 0 Å². The fraction of sp³-hybridized carbons (Fsp3) is 0.231. The van der Waals surface area contributed by atoms with E-state index in [1.807, 2.05) is 26.0 Å². The van der Waals surface area contributed by atoms with Gasteiger partial charge in [0.25, 0.3) is 0 Å². The average molecular weight is 187 g/mol. The Morgan fingerprint density at radius 2 is 1.71 bits per heavy atom. The number of nitrogens with two attached hydrogens (primary N) is 1. The Morgan fingerprint density at radius 3 is 2.43 bits per heavy atom. The van der Waals surface area contributed by atoms with Crippen molar-refractivity contribution in [3.05, 3.63) is 42.0 Å². The maximum atomic E-state index is 5.69. The Bertz CT molecular complexity index is 419. The molecule has 2 N–H and O–H groups in total. The summed E-state index contributed by atoms with van der Waals surface area (Å²) in [6, 6.07) is 12.3. The lowest BCUT2D eigenvalue weighted by Gasteiger charge is -2.01. The van der Waals surface area contributed by atoms with Gasteiger partial charge >= 0.3 is 0 Å². The summed E-state index contributed by atoms with van der Waals surface area (Å²) in [7, 11) is 0. The molecule has 74 valence electrons. The molecule has 0 aromatic heterocycles. The van der Waals surface area contributed by atoms with Gasteiger partial charge in [-0.05, 0) is 35.4 Å². The lowest BCUT2D eigenvalue weighted by molar-refractivity contribution is 1.50. The van der Waals surface area contributed by atoms with Gasteiger partial charge in [0.05, 0.1) is 0 Å². The number of anilines is 1. The van der Waals surface area contributed by atoms with E-state index in [2.05, 4.69) is 31.2 Å². The predicted molar refractivity (Wildman–Crippen MR) is 64.4 cm³/mol. The van der Waals surface area contributed by atoms with Crippen LogP contribution in [0.5, 0.6) is 0 Å². The molecule has 0 atom stereocenters. The third-order valence-corrected chi connectivity index (χ3v) is 2.12. The van der Waals surface area contributed by atoms with Crippen LogP contribution in [0.25, 0.3) is 10.8 Å². The zero-order chi connectivity index (χ0) is 10.6. The molecule has 0 radical (unpaired) electrons. The van der Waals surface area contributed by atoms with Gasteiger partial charge in [-0.25, -0.2) is 0 Å². The largest absolute Gasteiger partial charge is 0.399 e. The number of benzene rings is 2. The van der Waals surface area contributed by atoms with Crippen molar-refractivity contribution in [1.29, 1.82) is 0 Å². The van der Waals surface area contributed by atoms with Gasteiger partial charge in [0.1, 0.15) is 0 Å². The molecule has 0 unspecified atom stereocenters. The SMILES string of the molecule is CC.Cc1cccc2ccc(N)cc12. The van der Waals surface area contributed by atoms with E-state index in [-0.39, 0.29) is 0 Å². The number of hydrogen-bond acceptors (Lipinski definition) is 1. The van der Waals surface area contributed by atoms with Crippen LogP contribution in [0.1, 0.15) is 19.4 Å². The quantitative estimate of drug-likeness (QED) is 0.624. The van der Waals surface area contributed by atoms with Crippen molar-refractivity contribution in [3.8, 4) is 0 Å². The molecule has 1 nitrogen and oxygen atoms in total. The van der Waals surface area contributed by atoms with Crippen molar-refractivity contribution < 1.29 is 0 Å². The van der Waals surface area contributed by atoms with E-state index in [1.165, 1.54) is 16.3 Å². The van der Waals surface area contributed by atoms with E-state index in [4.69, 9.17) is 5.73 Å². The van der Waals surface area contributed by atoms with Crippen LogP contribution in [0.3, 0.4) is 0 Å². The van der Waals surface area contributed by atoms with E-state index < -0.39 is 0 Å². The molecule has 2 rings (SSSR count). The summed E-state index contributed by atoms with van der Waals surface area (Å²) in [6.07, 6.45) is 0. The number of fused-ring (bicyclic) bond motifs is 1.